The van der Waals surface area contributed by atoms with Crippen molar-refractivity contribution in [2.45, 2.75) is 64.3 Å². The molecular weight excluding hydrogens is 316 g/mol. The molecule has 4 heterocycles. The van der Waals surface area contributed by atoms with Crippen molar-refractivity contribution in [1.29, 1.82) is 0 Å². The van der Waals surface area contributed by atoms with Crippen molar-refractivity contribution < 1.29 is 8.85 Å². The molecule has 5 rings (SSSR count). The molecule has 0 amide bonds. The smallest absolute Gasteiger partial charge is 0.157 e. The second-order valence-electron chi connectivity index (χ2n) is 7.48. The van der Waals surface area contributed by atoms with Gasteiger partial charge in [0.2, 0.25) is 0 Å². The Labute approximate surface area is 152 Å². The lowest BCUT2D eigenvalue weighted by Gasteiger charge is -2.31. The number of hydrogen-bond donors (Lipinski definition) is 2. The quantitative estimate of drug-likeness (QED) is 0.762. The van der Waals surface area contributed by atoms with E-state index in [2.05, 4.69) is 29.7 Å². The van der Waals surface area contributed by atoms with Crippen LogP contribution in [0.15, 0.2) is 29.6 Å². The number of ether oxygens (including phenoxy) is 1. The summed E-state index contributed by atoms with van der Waals surface area (Å²) in [6, 6.07) is 2.05. The van der Waals surface area contributed by atoms with E-state index in [1.54, 1.807) is 0 Å². The van der Waals surface area contributed by atoms with Gasteiger partial charge in [-0.05, 0) is 56.7 Å². The van der Waals surface area contributed by atoms with Crippen LogP contribution in [0, 0.1) is 18.8 Å². The highest BCUT2D eigenvalue weighted by atomic mass is 32.1. The predicted octanol–water partition coefficient (Wildman–Crippen LogP) is 3.65. The largest absolute Gasteiger partial charge is 0.479 e. The van der Waals surface area contributed by atoms with E-state index in [9.17, 15) is 0 Å². The van der Waals surface area contributed by atoms with Gasteiger partial charge in [-0.2, -0.15) is 0 Å². The highest BCUT2D eigenvalue weighted by Gasteiger charge is 2.45. The highest BCUT2D eigenvalue weighted by Crippen LogP contribution is 2.46. The zero-order valence-corrected chi connectivity index (χ0v) is 14.8. The van der Waals surface area contributed by atoms with Gasteiger partial charge in [0.15, 0.2) is 6.23 Å². The second-order valence-corrected chi connectivity index (χ2v) is 8.82. The molecule has 1 aromatic heterocycles. The van der Waals surface area contributed by atoms with Gasteiger partial charge >= 0.3 is 0 Å². The molecular formula is C20H26N2OS. The maximum absolute atomic E-state index is 7.69. The third kappa shape index (κ3) is 2.39. The number of rotatable bonds is 1. The maximum Gasteiger partial charge on any atom is 0.157 e. The standard InChI is InChI=1S/C20H26N2OS/c1-11-6-7-15-14-4-3-5-16(19(14)23-20(15)22-11)17-9-13-8-12(2)24-18(13)10-21-17/h6-8,11,14-15,17,20-22H,3-5,9-10H2,1-2H3/t11-,14+,15?,17-,20+/m1/s1/i1D3. The molecule has 1 unspecified atom stereocenters. The average Bonchev–Trinajstić information content (AvgIpc) is 3.18. The van der Waals surface area contributed by atoms with Crippen LogP contribution >= 0.6 is 11.3 Å². The van der Waals surface area contributed by atoms with Crippen LogP contribution < -0.4 is 10.6 Å². The zero-order valence-electron chi connectivity index (χ0n) is 17.0. The summed E-state index contributed by atoms with van der Waals surface area (Å²) in [5.74, 6) is 1.76. The van der Waals surface area contributed by atoms with E-state index in [1.165, 1.54) is 27.3 Å². The van der Waals surface area contributed by atoms with Crippen molar-refractivity contribution in [3.8, 4) is 0 Å². The van der Waals surface area contributed by atoms with Crippen molar-refractivity contribution in [2.24, 2.45) is 11.8 Å². The van der Waals surface area contributed by atoms with E-state index >= 15 is 0 Å². The summed E-state index contributed by atoms with van der Waals surface area (Å²) in [5, 5.41) is 6.96. The molecule has 1 aliphatic carbocycles. The van der Waals surface area contributed by atoms with Gasteiger partial charge < -0.3 is 10.1 Å². The normalized spacial score (nSPS) is 40.0. The highest BCUT2D eigenvalue weighted by molar-refractivity contribution is 7.12. The minimum absolute atomic E-state index is 0.212. The van der Waals surface area contributed by atoms with E-state index in [4.69, 9.17) is 8.85 Å². The summed E-state index contributed by atoms with van der Waals surface area (Å²) in [5.41, 5.74) is 2.89. The SMILES string of the molecule is [2H]C([2H])([2H])[C@@H]1C=CC2[C@@H]3CCCC([C@H]4Cc5cc(C)sc5CN4)=C3O[C@@H]2N1. The Morgan fingerprint density at radius 1 is 1.38 bits per heavy atom. The Morgan fingerprint density at radius 3 is 3.25 bits per heavy atom. The van der Waals surface area contributed by atoms with E-state index in [1.807, 2.05) is 17.4 Å². The monoisotopic (exact) mass is 345 g/mol. The van der Waals surface area contributed by atoms with Crippen molar-refractivity contribution in [3.05, 3.63) is 44.9 Å². The van der Waals surface area contributed by atoms with Crippen LogP contribution in [0.4, 0.5) is 0 Å². The molecule has 3 nitrogen and oxygen atoms in total. The average molecular weight is 346 g/mol. The van der Waals surface area contributed by atoms with E-state index in [0.29, 0.717) is 12.0 Å². The number of allylic oxidation sites excluding steroid dienone is 1. The van der Waals surface area contributed by atoms with Gasteiger partial charge in [0.1, 0.15) is 5.76 Å². The fraction of sp³-hybridized carbons (Fsp3) is 0.600. The first-order chi connectivity index (χ1) is 12.9. The topological polar surface area (TPSA) is 33.3 Å². The van der Waals surface area contributed by atoms with Crippen molar-refractivity contribution in [2.75, 3.05) is 0 Å². The zero-order chi connectivity index (χ0) is 18.8. The lowest BCUT2D eigenvalue weighted by atomic mass is 9.77. The summed E-state index contributed by atoms with van der Waals surface area (Å²) < 4.78 is 29.5. The molecule has 5 atom stereocenters. The third-order valence-corrected chi connectivity index (χ3v) is 7.02. The molecule has 1 aromatic rings. The summed E-state index contributed by atoms with van der Waals surface area (Å²) in [7, 11) is 0. The number of nitrogens with one attached hydrogen (secondary N) is 2. The molecule has 128 valence electrons. The molecule has 1 saturated heterocycles. The molecule has 0 saturated carbocycles. The molecule has 4 heteroatoms. The Kier molecular flexibility index (Phi) is 2.93. The van der Waals surface area contributed by atoms with Gasteiger partial charge in [-0.25, -0.2) is 0 Å². The Balaban J connectivity index is 1.42. The Morgan fingerprint density at radius 2 is 2.33 bits per heavy atom. The summed E-state index contributed by atoms with van der Waals surface area (Å²) in [6.45, 7) is 1.08. The van der Waals surface area contributed by atoms with Crippen LogP contribution in [-0.4, -0.2) is 18.3 Å². The number of thiophene rings is 1. The molecule has 3 aliphatic heterocycles. The first-order valence-corrected chi connectivity index (χ1v) is 9.87. The van der Waals surface area contributed by atoms with Gasteiger partial charge in [-0.15, -0.1) is 11.3 Å². The van der Waals surface area contributed by atoms with E-state index < -0.39 is 12.9 Å². The Hall–Kier alpha value is -1.10. The molecule has 0 spiro atoms. The van der Waals surface area contributed by atoms with Gasteiger partial charge in [-0.3, -0.25) is 5.32 Å². The van der Waals surface area contributed by atoms with E-state index in [-0.39, 0.29) is 12.1 Å². The molecule has 0 aromatic carbocycles. The summed E-state index contributed by atoms with van der Waals surface area (Å²) in [6.07, 6.45) is 8.12. The molecule has 0 bridgehead atoms. The van der Waals surface area contributed by atoms with Gasteiger partial charge in [-0.1, -0.05) is 12.2 Å². The van der Waals surface area contributed by atoms with Gasteiger partial charge in [0, 0.05) is 44.3 Å². The summed E-state index contributed by atoms with van der Waals surface area (Å²) >= 11 is 1.89. The van der Waals surface area contributed by atoms with Crippen LogP contribution in [0.3, 0.4) is 0 Å². The molecule has 4 aliphatic rings. The lowest BCUT2D eigenvalue weighted by Crippen LogP contribution is -2.42. The number of hydrogen-bond acceptors (Lipinski definition) is 4. The number of fused-ring (bicyclic) bond motifs is 4. The lowest BCUT2D eigenvalue weighted by molar-refractivity contribution is 0.0963. The molecule has 2 N–H and O–H groups in total. The maximum atomic E-state index is 7.69. The van der Waals surface area contributed by atoms with Crippen molar-refractivity contribution in [3.63, 3.8) is 0 Å². The van der Waals surface area contributed by atoms with E-state index in [0.717, 1.165) is 31.6 Å². The van der Waals surface area contributed by atoms with Crippen LogP contribution in [0.2, 0.25) is 0 Å². The van der Waals surface area contributed by atoms with Crippen LogP contribution in [0.1, 0.15) is 45.5 Å². The molecule has 1 fully saturated rings. The fourth-order valence-electron chi connectivity index (χ4n) is 4.85. The van der Waals surface area contributed by atoms with Crippen LogP contribution in [0.5, 0.6) is 0 Å². The number of aryl methyl sites for hydroxylation is 1. The first kappa shape index (κ1) is 12.3. The predicted molar refractivity (Wildman–Crippen MR) is 97.9 cm³/mol. The fourth-order valence-corrected chi connectivity index (χ4v) is 5.87. The minimum atomic E-state index is -2.03. The van der Waals surface area contributed by atoms with Crippen LogP contribution in [-0.2, 0) is 17.7 Å². The Bertz CT molecular complexity index is 813. The van der Waals surface area contributed by atoms with Gasteiger partial charge in [0.25, 0.3) is 0 Å². The third-order valence-electron chi connectivity index (χ3n) is 5.93. The molecule has 24 heavy (non-hydrogen) atoms. The first-order valence-electron chi connectivity index (χ1n) is 10.6. The second kappa shape index (κ2) is 5.72. The summed E-state index contributed by atoms with van der Waals surface area (Å²) in [4.78, 5) is 2.85. The van der Waals surface area contributed by atoms with Crippen molar-refractivity contribution in [1.82, 2.24) is 10.6 Å². The molecule has 0 radical (unpaired) electrons. The van der Waals surface area contributed by atoms with Crippen molar-refractivity contribution >= 4 is 11.3 Å². The minimum Gasteiger partial charge on any atom is -0.479 e. The van der Waals surface area contributed by atoms with Gasteiger partial charge in [0.05, 0.1) is 0 Å². The van der Waals surface area contributed by atoms with Crippen LogP contribution in [0.25, 0.3) is 0 Å².